The minimum absolute atomic E-state index is 0.373. The van der Waals surface area contributed by atoms with E-state index in [1.807, 2.05) is 12.1 Å². The number of piperidine rings is 2. The fraction of sp³-hybridized carbons (Fsp3) is 0.618. The molecule has 4 nitrogen and oxygen atoms in total. The molecule has 208 valence electrons. The van der Waals surface area contributed by atoms with Gasteiger partial charge in [0.2, 0.25) is 0 Å². The summed E-state index contributed by atoms with van der Waals surface area (Å²) in [5.41, 5.74) is 4.87. The smallest absolute Gasteiger partial charge is 0.101 e. The first-order chi connectivity index (χ1) is 19.0. The Morgan fingerprint density at radius 1 is 0.821 bits per heavy atom. The normalized spacial score (nSPS) is 24.3. The molecule has 4 aliphatic rings. The molecule has 1 aliphatic carbocycles. The maximum Gasteiger partial charge on any atom is 0.101 e. The molecule has 0 unspecified atom stereocenters. The Kier molecular flexibility index (Phi) is 7.99. The van der Waals surface area contributed by atoms with E-state index in [2.05, 4.69) is 58.0 Å². The molecule has 3 heterocycles. The number of nitrogens with zero attached hydrogens (tertiary/aromatic N) is 4. The summed E-state index contributed by atoms with van der Waals surface area (Å²) in [6.07, 6.45) is 15.3. The lowest BCUT2D eigenvalue weighted by Gasteiger charge is -2.40. The Bertz CT molecular complexity index is 1150. The first-order valence-electron chi connectivity index (χ1n) is 15.6. The van der Waals surface area contributed by atoms with Gasteiger partial charge in [-0.3, -0.25) is 0 Å². The molecule has 0 aromatic heterocycles. The molecule has 6 rings (SSSR count). The molecule has 0 N–H and O–H groups in total. The summed E-state index contributed by atoms with van der Waals surface area (Å²) in [6.45, 7) is 8.12. The van der Waals surface area contributed by atoms with Crippen LogP contribution in [0.2, 0.25) is 5.02 Å². The average molecular weight is 545 g/mol. The van der Waals surface area contributed by atoms with Crippen LogP contribution >= 0.6 is 11.6 Å². The van der Waals surface area contributed by atoms with Crippen molar-refractivity contribution in [2.75, 3.05) is 47.4 Å². The lowest BCUT2D eigenvalue weighted by Crippen LogP contribution is -2.41. The van der Waals surface area contributed by atoms with Crippen molar-refractivity contribution in [2.45, 2.75) is 83.6 Å². The molecule has 39 heavy (non-hydrogen) atoms. The third-order valence-corrected chi connectivity index (χ3v) is 10.9. The number of hydrogen-bond donors (Lipinski definition) is 0. The molecular formula is C34H45ClN4. The van der Waals surface area contributed by atoms with Gasteiger partial charge in [-0.15, -0.1) is 0 Å². The molecule has 0 radical (unpaired) electrons. The van der Waals surface area contributed by atoms with Crippen molar-refractivity contribution < 1.29 is 0 Å². The van der Waals surface area contributed by atoms with Crippen LogP contribution in [0.15, 0.2) is 42.5 Å². The van der Waals surface area contributed by atoms with Gasteiger partial charge < -0.3 is 14.7 Å². The maximum atomic E-state index is 9.23. The summed E-state index contributed by atoms with van der Waals surface area (Å²) in [5.74, 6) is 1.97. The first-order valence-corrected chi connectivity index (χ1v) is 16.0. The second kappa shape index (κ2) is 11.6. The molecule has 3 aliphatic heterocycles. The molecular weight excluding hydrogens is 500 g/mol. The van der Waals surface area contributed by atoms with Crippen LogP contribution in [0.4, 0.5) is 17.1 Å². The highest BCUT2D eigenvalue weighted by molar-refractivity contribution is 6.32. The lowest BCUT2D eigenvalue weighted by atomic mass is 9.76. The largest absolute Gasteiger partial charge is 0.372 e. The number of halogens is 1. The number of rotatable bonds is 5. The molecule has 2 aromatic rings. The second-order valence-corrected chi connectivity index (χ2v) is 13.5. The van der Waals surface area contributed by atoms with Crippen LogP contribution < -0.4 is 14.7 Å². The highest BCUT2D eigenvalue weighted by Gasteiger charge is 2.44. The fourth-order valence-corrected chi connectivity index (χ4v) is 8.45. The third-order valence-electron chi connectivity index (χ3n) is 10.6. The minimum atomic E-state index is 0.373. The SMILES string of the molecule is C[C@H]1CC2(CCN(c3ccc(N4CCC(CC5CCCCC5)CC4)cc3)CC2)CN1c1ccc(C#N)c(Cl)c1. The van der Waals surface area contributed by atoms with Crippen LogP contribution in [0.3, 0.4) is 0 Å². The van der Waals surface area contributed by atoms with Crippen molar-refractivity contribution >= 4 is 28.7 Å². The van der Waals surface area contributed by atoms with Gasteiger partial charge in [0.15, 0.2) is 0 Å². The molecule has 1 spiro atoms. The van der Waals surface area contributed by atoms with Gasteiger partial charge in [-0.05, 0) is 105 Å². The summed E-state index contributed by atoms with van der Waals surface area (Å²) in [4.78, 5) is 7.73. The predicted molar refractivity (Wildman–Crippen MR) is 164 cm³/mol. The summed E-state index contributed by atoms with van der Waals surface area (Å²) in [5, 5.41) is 9.79. The van der Waals surface area contributed by atoms with E-state index >= 15 is 0 Å². The van der Waals surface area contributed by atoms with E-state index in [-0.39, 0.29) is 0 Å². The quantitative estimate of drug-likeness (QED) is 0.379. The van der Waals surface area contributed by atoms with E-state index < -0.39 is 0 Å². The van der Waals surface area contributed by atoms with Crippen LogP contribution in [0.5, 0.6) is 0 Å². The summed E-state index contributed by atoms with van der Waals surface area (Å²) >= 11 is 6.36. The van der Waals surface area contributed by atoms with Crippen LogP contribution in [-0.4, -0.2) is 38.8 Å². The summed E-state index contributed by atoms with van der Waals surface area (Å²) in [7, 11) is 0. The Morgan fingerprint density at radius 2 is 1.41 bits per heavy atom. The topological polar surface area (TPSA) is 33.5 Å². The lowest BCUT2D eigenvalue weighted by molar-refractivity contribution is 0.245. The zero-order chi connectivity index (χ0) is 26.8. The van der Waals surface area contributed by atoms with Crippen molar-refractivity contribution in [3.63, 3.8) is 0 Å². The van der Waals surface area contributed by atoms with Gasteiger partial charge in [-0.25, -0.2) is 0 Å². The van der Waals surface area contributed by atoms with E-state index in [9.17, 15) is 5.26 Å². The van der Waals surface area contributed by atoms with Crippen LogP contribution in [0.25, 0.3) is 0 Å². The van der Waals surface area contributed by atoms with Crippen LogP contribution in [-0.2, 0) is 0 Å². The molecule has 3 saturated heterocycles. The van der Waals surface area contributed by atoms with Gasteiger partial charge in [0.25, 0.3) is 0 Å². The zero-order valence-electron chi connectivity index (χ0n) is 23.8. The molecule has 5 heteroatoms. The molecule has 2 aromatic carbocycles. The standard InChI is InChI=1S/C34H45ClN4/c1-26-23-34(25-39(26)32-8-7-29(24-36)33(35)22-32)15-19-38(20-16-34)31-11-9-30(10-12-31)37-17-13-28(14-18-37)21-27-5-3-2-4-6-27/h7-12,22,26-28H,2-6,13-21,23,25H2,1H3/t26-/m0/s1. The Hall–Kier alpha value is -2.38. The number of benzene rings is 2. The summed E-state index contributed by atoms with van der Waals surface area (Å²) < 4.78 is 0. The van der Waals surface area contributed by atoms with Gasteiger partial charge in [-0.1, -0.05) is 43.7 Å². The molecule has 4 fully saturated rings. The fourth-order valence-electron chi connectivity index (χ4n) is 8.23. The monoisotopic (exact) mass is 544 g/mol. The third kappa shape index (κ3) is 5.90. The Balaban J connectivity index is 1.00. The van der Waals surface area contributed by atoms with Gasteiger partial charge in [0, 0.05) is 55.8 Å². The molecule has 1 saturated carbocycles. The van der Waals surface area contributed by atoms with E-state index in [1.54, 1.807) is 0 Å². The Labute approximate surface area is 240 Å². The first kappa shape index (κ1) is 26.8. The zero-order valence-corrected chi connectivity index (χ0v) is 24.5. The van der Waals surface area contributed by atoms with Gasteiger partial charge in [-0.2, -0.15) is 5.26 Å². The predicted octanol–water partition coefficient (Wildman–Crippen LogP) is 8.28. The van der Waals surface area contributed by atoms with Crippen molar-refractivity contribution in [3.8, 4) is 6.07 Å². The second-order valence-electron chi connectivity index (χ2n) is 13.1. The highest BCUT2D eigenvalue weighted by atomic mass is 35.5. The molecule has 0 bridgehead atoms. The molecule has 0 amide bonds. The van der Waals surface area contributed by atoms with E-state index in [0.717, 1.165) is 37.2 Å². The van der Waals surface area contributed by atoms with Gasteiger partial charge >= 0.3 is 0 Å². The highest BCUT2D eigenvalue weighted by Crippen LogP contribution is 2.46. The summed E-state index contributed by atoms with van der Waals surface area (Å²) in [6, 6.07) is 18.0. The van der Waals surface area contributed by atoms with E-state index in [4.69, 9.17) is 11.6 Å². The van der Waals surface area contributed by atoms with Crippen molar-refractivity contribution in [1.82, 2.24) is 0 Å². The number of anilines is 3. The maximum absolute atomic E-state index is 9.23. The average Bonchev–Trinajstić information content (AvgIpc) is 3.29. The number of nitriles is 1. The van der Waals surface area contributed by atoms with E-state index in [0.29, 0.717) is 22.0 Å². The minimum Gasteiger partial charge on any atom is -0.372 e. The van der Waals surface area contributed by atoms with Crippen molar-refractivity contribution in [3.05, 3.63) is 53.1 Å². The molecule has 1 atom stereocenters. The van der Waals surface area contributed by atoms with Crippen LogP contribution in [0.1, 0.15) is 83.1 Å². The number of hydrogen-bond acceptors (Lipinski definition) is 4. The van der Waals surface area contributed by atoms with E-state index in [1.165, 1.54) is 95.1 Å². The Morgan fingerprint density at radius 3 is 2.03 bits per heavy atom. The van der Waals surface area contributed by atoms with Gasteiger partial charge in [0.1, 0.15) is 6.07 Å². The van der Waals surface area contributed by atoms with Crippen LogP contribution in [0, 0.1) is 28.6 Å². The van der Waals surface area contributed by atoms with Crippen molar-refractivity contribution in [1.29, 1.82) is 5.26 Å². The van der Waals surface area contributed by atoms with Gasteiger partial charge in [0.05, 0.1) is 10.6 Å². The van der Waals surface area contributed by atoms with Crippen molar-refractivity contribution in [2.24, 2.45) is 17.3 Å².